The predicted octanol–water partition coefficient (Wildman–Crippen LogP) is 0.986. The number of rotatable bonds is 6. The van der Waals surface area contributed by atoms with Crippen molar-refractivity contribution in [1.82, 2.24) is 20.1 Å². The maximum atomic E-state index is 11.8. The smallest absolute Gasteiger partial charge is 0.221 e. The zero-order valence-electron chi connectivity index (χ0n) is 11.9. The van der Waals surface area contributed by atoms with Gasteiger partial charge in [0.05, 0.1) is 0 Å². The van der Waals surface area contributed by atoms with Crippen LogP contribution in [0.4, 0.5) is 0 Å². The van der Waals surface area contributed by atoms with Crippen molar-refractivity contribution >= 4 is 18.3 Å². The van der Waals surface area contributed by atoms with Gasteiger partial charge in [0, 0.05) is 32.5 Å². The molecule has 1 aromatic carbocycles. The summed E-state index contributed by atoms with van der Waals surface area (Å²) in [6, 6.07) is 9.34. The number of hydrogen-bond acceptors (Lipinski definition) is 4. The number of halogens is 1. The third kappa shape index (κ3) is 5.53. The second kappa shape index (κ2) is 8.39. The Bertz CT molecular complexity index is 558. The molecule has 0 fully saturated rings. The van der Waals surface area contributed by atoms with E-state index in [1.807, 2.05) is 37.4 Å². The highest BCUT2D eigenvalue weighted by Gasteiger charge is 2.11. The topological polar surface area (TPSA) is 85.8 Å². The standard InChI is InChI=1S/C14H19N5O.ClH/c1-19-10-17-13(18-19)7-8-16-14(20)9-12(15)11-5-3-2-4-6-11;/h2-6,10,12H,7-9,15H2,1H3,(H,16,20);1H. The van der Waals surface area contributed by atoms with Gasteiger partial charge >= 0.3 is 0 Å². The molecule has 1 unspecified atom stereocenters. The van der Waals surface area contributed by atoms with Crippen LogP contribution in [-0.4, -0.2) is 27.2 Å². The van der Waals surface area contributed by atoms with E-state index in [1.54, 1.807) is 11.0 Å². The fraction of sp³-hybridized carbons (Fsp3) is 0.357. The molecule has 2 rings (SSSR count). The molecule has 0 aliphatic heterocycles. The molecule has 0 bridgehead atoms. The SMILES string of the molecule is Cl.Cn1cnc(CCNC(=O)CC(N)c2ccccc2)n1. The van der Waals surface area contributed by atoms with Crippen molar-refractivity contribution in [3.8, 4) is 0 Å². The molecule has 1 atom stereocenters. The molecular weight excluding hydrogens is 290 g/mol. The Morgan fingerprint density at radius 1 is 1.38 bits per heavy atom. The lowest BCUT2D eigenvalue weighted by Gasteiger charge is -2.11. The van der Waals surface area contributed by atoms with Crippen LogP contribution >= 0.6 is 12.4 Å². The molecule has 6 nitrogen and oxygen atoms in total. The van der Waals surface area contributed by atoms with Crippen LogP contribution in [0.15, 0.2) is 36.7 Å². The maximum Gasteiger partial charge on any atom is 0.221 e. The lowest BCUT2D eigenvalue weighted by atomic mass is 10.0. The number of hydrogen-bond donors (Lipinski definition) is 2. The van der Waals surface area contributed by atoms with Gasteiger partial charge in [-0.25, -0.2) is 4.98 Å². The third-order valence-corrected chi connectivity index (χ3v) is 2.95. The van der Waals surface area contributed by atoms with Crippen molar-refractivity contribution in [1.29, 1.82) is 0 Å². The van der Waals surface area contributed by atoms with Crippen LogP contribution in [-0.2, 0) is 18.3 Å². The van der Waals surface area contributed by atoms with E-state index in [-0.39, 0.29) is 30.8 Å². The molecule has 0 spiro atoms. The molecule has 0 aliphatic rings. The molecule has 3 N–H and O–H groups in total. The Balaban J connectivity index is 0.00000220. The van der Waals surface area contributed by atoms with E-state index < -0.39 is 0 Å². The van der Waals surface area contributed by atoms with Gasteiger partial charge in [-0.3, -0.25) is 9.48 Å². The minimum atomic E-state index is -0.274. The quantitative estimate of drug-likeness (QED) is 0.833. The van der Waals surface area contributed by atoms with E-state index in [0.29, 0.717) is 13.0 Å². The zero-order valence-corrected chi connectivity index (χ0v) is 12.7. The second-order valence-electron chi connectivity index (χ2n) is 4.66. The number of carbonyl (C=O) groups is 1. The largest absolute Gasteiger partial charge is 0.356 e. The van der Waals surface area contributed by atoms with Crippen LogP contribution in [0.25, 0.3) is 0 Å². The predicted molar refractivity (Wildman–Crippen MR) is 83.0 cm³/mol. The summed E-state index contributed by atoms with van der Waals surface area (Å²) in [5.74, 6) is 0.664. The van der Waals surface area contributed by atoms with Gasteiger partial charge in [0.25, 0.3) is 0 Å². The van der Waals surface area contributed by atoms with Crippen LogP contribution in [0.2, 0.25) is 0 Å². The molecule has 114 valence electrons. The van der Waals surface area contributed by atoms with Gasteiger partial charge in [0.15, 0.2) is 5.82 Å². The molecule has 1 aromatic heterocycles. The molecule has 0 radical (unpaired) electrons. The second-order valence-corrected chi connectivity index (χ2v) is 4.66. The van der Waals surface area contributed by atoms with Gasteiger partial charge in [-0.15, -0.1) is 12.4 Å². The van der Waals surface area contributed by atoms with E-state index in [2.05, 4.69) is 15.4 Å². The van der Waals surface area contributed by atoms with Crippen LogP contribution < -0.4 is 11.1 Å². The van der Waals surface area contributed by atoms with E-state index in [4.69, 9.17) is 5.73 Å². The summed E-state index contributed by atoms with van der Waals surface area (Å²) in [5, 5.41) is 6.98. The fourth-order valence-electron chi connectivity index (χ4n) is 1.90. The minimum Gasteiger partial charge on any atom is -0.356 e. The summed E-state index contributed by atoms with van der Waals surface area (Å²) in [7, 11) is 1.81. The number of amides is 1. The van der Waals surface area contributed by atoms with Crippen molar-refractivity contribution in [2.24, 2.45) is 12.8 Å². The molecule has 0 saturated carbocycles. The first-order chi connectivity index (χ1) is 9.65. The Hall–Kier alpha value is -1.92. The van der Waals surface area contributed by atoms with E-state index in [0.717, 1.165) is 11.4 Å². The maximum absolute atomic E-state index is 11.8. The van der Waals surface area contributed by atoms with Crippen molar-refractivity contribution in [3.63, 3.8) is 0 Å². The average Bonchev–Trinajstić information content (AvgIpc) is 2.85. The molecule has 21 heavy (non-hydrogen) atoms. The Kier molecular flexibility index (Phi) is 6.84. The first-order valence-electron chi connectivity index (χ1n) is 6.57. The molecule has 2 aromatic rings. The van der Waals surface area contributed by atoms with Crippen LogP contribution in [0.3, 0.4) is 0 Å². The molecule has 0 saturated heterocycles. The van der Waals surface area contributed by atoms with Gasteiger partial charge in [-0.2, -0.15) is 5.10 Å². The van der Waals surface area contributed by atoms with Crippen LogP contribution in [0, 0.1) is 0 Å². The van der Waals surface area contributed by atoms with Gasteiger partial charge < -0.3 is 11.1 Å². The Labute approximate surface area is 130 Å². The zero-order chi connectivity index (χ0) is 14.4. The van der Waals surface area contributed by atoms with Crippen LogP contribution in [0.5, 0.6) is 0 Å². The monoisotopic (exact) mass is 309 g/mol. The Morgan fingerprint density at radius 3 is 2.71 bits per heavy atom. The highest BCUT2D eigenvalue weighted by atomic mass is 35.5. The lowest BCUT2D eigenvalue weighted by molar-refractivity contribution is -0.121. The molecule has 7 heteroatoms. The van der Waals surface area contributed by atoms with Crippen molar-refractivity contribution in [2.75, 3.05) is 6.54 Å². The Morgan fingerprint density at radius 2 is 2.10 bits per heavy atom. The number of carbonyl (C=O) groups excluding carboxylic acids is 1. The van der Waals surface area contributed by atoms with E-state index in [9.17, 15) is 4.79 Å². The lowest BCUT2D eigenvalue weighted by Crippen LogP contribution is -2.29. The number of nitrogens with one attached hydrogen (secondary N) is 1. The number of nitrogens with zero attached hydrogens (tertiary/aromatic N) is 3. The van der Waals surface area contributed by atoms with Crippen molar-refractivity contribution in [3.05, 3.63) is 48.0 Å². The fourth-order valence-corrected chi connectivity index (χ4v) is 1.90. The highest BCUT2D eigenvalue weighted by molar-refractivity contribution is 5.85. The van der Waals surface area contributed by atoms with Crippen LogP contribution in [0.1, 0.15) is 23.9 Å². The first-order valence-corrected chi connectivity index (χ1v) is 6.57. The van der Waals surface area contributed by atoms with Crippen molar-refractivity contribution in [2.45, 2.75) is 18.9 Å². The van der Waals surface area contributed by atoms with Gasteiger partial charge in [-0.05, 0) is 5.56 Å². The summed E-state index contributed by atoms with van der Waals surface area (Å²) >= 11 is 0. The first kappa shape index (κ1) is 17.1. The summed E-state index contributed by atoms with van der Waals surface area (Å²) in [4.78, 5) is 15.9. The third-order valence-electron chi connectivity index (χ3n) is 2.95. The molecule has 0 aliphatic carbocycles. The minimum absolute atomic E-state index is 0. The van der Waals surface area contributed by atoms with Crippen molar-refractivity contribution < 1.29 is 4.79 Å². The number of nitrogens with two attached hydrogens (primary N) is 1. The number of aromatic nitrogens is 3. The van der Waals surface area contributed by atoms with E-state index in [1.165, 1.54) is 0 Å². The van der Waals surface area contributed by atoms with Gasteiger partial charge in [0.2, 0.25) is 5.91 Å². The summed E-state index contributed by atoms with van der Waals surface area (Å²) in [6.45, 7) is 0.518. The highest BCUT2D eigenvalue weighted by Crippen LogP contribution is 2.12. The molecule has 1 amide bonds. The summed E-state index contributed by atoms with van der Waals surface area (Å²) < 4.78 is 1.64. The molecule has 1 heterocycles. The van der Waals surface area contributed by atoms with Gasteiger partial charge in [-0.1, -0.05) is 30.3 Å². The van der Waals surface area contributed by atoms with Gasteiger partial charge in [0.1, 0.15) is 6.33 Å². The average molecular weight is 310 g/mol. The summed E-state index contributed by atoms with van der Waals surface area (Å²) in [5.41, 5.74) is 6.96. The number of benzene rings is 1. The number of aryl methyl sites for hydroxylation is 1. The van der Waals surface area contributed by atoms with E-state index >= 15 is 0 Å². The normalized spacial score (nSPS) is 11.5. The molecular formula is C14H20ClN5O. The summed E-state index contributed by atoms with van der Waals surface area (Å²) in [6.07, 6.45) is 2.54.